The molecule has 0 fully saturated rings. The number of aliphatic hydroxyl groups excluding tert-OH is 1. The first kappa shape index (κ1) is 14.1. The third-order valence-corrected chi connectivity index (χ3v) is 3.51. The molecule has 0 saturated heterocycles. The summed E-state index contributed by atoms with van der Waals surface area (Å²) >= 11 is 1.79. The largest absolute Gasteiger partial charge is 0.427 e. The summed E-state index contributed by atoms with van der Waals surface area (Å²) in [5, 5.41) is 8.89. The van der Waals surface area contributed by atoms with Crippen LogP contribution < -0.4 is 4.74 Å². The Morgan fingerprint density at radius 3 is 2.59 bits per heavy atom. The zero-order chi connectivity index (χ0) is 12.7. The molecular formula is C13H18O3S. The van der Waals surface area contributed by atoms with Crippen LogP contribution in [0.5, 0.6) is 5.75 Å². The standard InChI is InChI=1S/C13H18O3S/c1-10(7-14)8-17-9-12-3-5-13(6-4-12)16-11(2)15/h3-6,10,14H,7-9H2,1-2H3. The highest BCUT2D eigenvalue weighted by atomic mass is 32.2. The summed E-state index contributed by atoms with van der Waals surface area (Å²) in [5.74, 6) is 2.46. The molecule has 0 aromatic heterocycles. The zero-order valence-corrected chi connectivity index (χ0v) is 11.0. The van der Waals surface area contributed by atoms with E-state index in [4.69, 9.17) is 9.84 Å². The summed E-state index contributed by atoms with van der Waals surface area (Å²) in [6.45, 7) is 3.65. The van der Waals surface area contributed by atoms with Crippen LogP contribution >= 0.6 is 11.8 Å². The Kier molecular flexibility index (Phi) is 6.08. The molecule has 0 radical (unpaired) electrons. The Hall–Kier alpha value is -1.00. The van der Waals surface area contributed by atoms with Crippen molar-refractivity contribution in [3.8, 4) is 5.75 Å². The Morgan fingerprint density at radius 2 is 2.06 bits per heavy atom. The maximum absolute atomic E-state index is 10.7. The number of ether oxygens (including phenoxy) is 1. The molecule has 3 nitrogen and oxygen atoms in total. The van der Waals surface area contributed by atoms with Crippen LogP contribution in [0.15, 0.2) is 24.3 Å². The average Bonchev–Trinajstić information content (AvgIpc) is 2.30. The Balaban J connectivity index is 2.37. The minimum atomic E-state index is -0.302. The predicted octanol–water partition coefficient (Wildman–Crippen LogP) is 2.47. The number of esters is 1. The van der Waals surface area contributed by atoms with Crippen molar-refractivity contribution in [1.29, 1.82) is 0 Å². The molecule has 1 aromatic rings. The number of carbonyl (C=O) groups is 1. The fourth-order valence-corrected chi connectivity index (χ4v) is 2.30. The summed E-state index contributed by atoms with van der Waals surface area (Å²) in [4.78, 5) is 10.7. The van der Waals surface area contributed by atoms with Crippen LogP contribution in [0.4, 0.5) is 0 Å². The van der Waals surface area contributed by atoms with E-state index in [1.54, 1.807) is 23.9 Å². The van der Waals surface area contributed by atoms with E-state index in [2.05, 4.69) is 0 Å². The van der Waals surface area contributed by atoms with Crippen molar-refractivity contribution in [3.05, 3.63) is 29.8 Å². The molecule has 0 aliphatic carbocycles. The molecule has 0 amide bonds. The summed E-state index contributed by atoms with van der Waals surface area (Å²) in [6, 6.07) is 7.50. The molecule has 0 heterocycles. The number of thioether (sulfide) groups is 1. The fraction of sp³-hybridized carbons (Fsp3) is 0.462. The molecule has 0 spiro atoms. The Morgan fingerprint density at radius 1 is 1.41 bits per heavy atom. The van der Waals surface area contributed by atoms with Gasteiger partial charge in [0.05, 0.1) is 0 Å². The molecule has 0 aliphatic heterocycles. The van der Waals surface area contributed by atoms with Crippen LogP contribution in [-0.4, -0.2) is 23.4 Å². The maximum atomic E-state index is 10.7. The number of benzene rings is 1. The van der Waals surface area contributed by atoms with Crippen LogP contribution in [0.2, 0.25) is 0 Å². The van der Waals surface area contributed by atoms with Gasteiger partial charge in [-0.2, -0.15) is 11.8 Å². The fourth-order valence-electron chi connectivity index (χ4n) is 1.25. The van der Waals surface area contributed by atoms with Crippen molar-refractivity contribution in [3.63, 3.8) is 0 Å². The van der Waals surface area contributed by atoms with Crippen LogP contribution in [-0.2, 0) is 10.5 Å². The highest BCUT2D eigenvalue weighted by molar-refractivity contribution is 7.98. The lowest BCUT2D eigenvalue weighted by Gasteiger charge is -2.07. The first-order chi connectivity index (χ1) is 8.11. The lowest BCUT2D eigenvalue weighted by atomic mass is 10.2. The van der Waals surface area contributed by atoms with Crippen LogP contribution in [0.1, 0.15) is 19.4 Å². The number of rotatable bonds is 6. The van der Waals surface area contributed by atoms with E-state index in [0.29, 0.717) is 11.7 Å². The highest BCUT2D eigenvalue weighted by Gasteiger charge is 2.01. The smallest absolute Gasteiger partial charge is 0.308 e. The first-order valence-electron chi connectivity index (χ1n) is 5.57. The molecule has 1 aromatic carbocycles. The SMILES string of the molecule is CC(=O)Oc1ccc(CSCC(C)CO)cc1. The highest BCUT2D eigenvalue weighted by Crippen LogP contribution is 2.18. The van der Waals surface area contributed by atoms with Gasteiger partial charge in [0.15, 0.2) is 0 Å². The van der Waals surface area contributed by atoms with Gasteiger partial charge in [0.25, 0.3) is 0 Å². The lowest BCUT2D eigenvalue weighted by Crippen LogP contribution is -2.03. The molecule has 94 valence electrons. The van der Waals surface area contributed by atoms with Crippen molar-refractivity contribution in [1.82, 2.24) is 0 Å². The predicted molar refractivity (Wildman–Crippen MR) is 70.2 cm³/mol. The monoisotopic (exact) mass is 254 g/mol. The van der Waals surface area contributed by atoms with E-state index in [0.717, 1.165) is 11.5 Å². The van der Waals surface area contributed by atoms with Gasteiger partial charge in [-0.05, 0) is 29.4 Å². The van der Waals surface area contributed by atoms with Crippen LogP contribution in [0, 0.1) is 5.92 Å². The second kappa shape index (κ2) is 7.35. The van der Waals surface area contributed by atoms with Gasteiger partial charge in [-0.15, -0.1) is 0 Å². The molecule has 17 heavy (non-hydrogen) atoms. The lowest BCUT2D eigenvalue weighted by molar-refractivity contribution is -0.131. The van der Waals surface area contributed by atoms with Crippen molar-refractivity contribution in [2.24, 2.45) is 5.92 Å². The second-order valence-electron chi connectivity index (χ2n) is 4.04. The quantitative estimate of drug-likeness (QED) is 0.626. The summed E-state index contributed by atoms with van der Waals surface area (Å²) in [6.07, 6.45) is 0. The second-order valence-corrected chi connectivity index (χ2v) is 5.07. The van der Waals surface area contributed by atoms with Gasteiger partial charge in [-0.1, -0.05) is 19.1 Å². The Bertz CT molecular complexity index is 348. The van der Waals surface area contributed by atoms with E-state index in [1.165, 1.54) is 12.5 Å². The van der Waals surface area contributed by atoms with E-state index in [9.17, 15) is 4.79 Å². The third-order valence-electron chi connectivity index (χ3n) is 2.17. The Labute approximate surface area is 106 Å². The van der Waals surface area contributed by atoms with Crippen molar-refractivity contribution in [2.75, 3.05) is 12.4 Å². The first-order valence-corrected chi connectivity index (χ1v) is 6.73. The number of carbonyl (C=O) groups excluding carboxylic acids is 1. The van der Waals surface area contributed by atoms with Gasteiger partial charge < -0.3 is 9.84 Å². The molecule has 1 N–H and O–H groups in total. The van der Waals surface area contributed by atoms with E-state index < -0.39 is 0 Å². The molecule has 1 unspecified atom stereocenters. The average molecular weight is 254 g/mol. The zero-order valence-electron chi connectivity index (χ0n) is 10.2. The van der Waals surface area contributed by atoms with Crippen LogP contribution in [0.25, 0.3) is 0 Å². The third kappa shape index (κ3) is 5.75. The molecule has 1 rings (SSSR count). The molecule has 0 saturated carbocycles. The van der Waals surface area contributed by atoms with Gasteiger partial charge in [-0.3, -0.25) is 4.79 Å². The van der Waals surface area contributed by atoms with Gasteiger partial charge in [-0.25, -0.2) is 0 Å². The minimum Gasteiger partial charge on any atom is -0.427 e. The van der Waals surface area contributed by atoms with Gasteiger partial charge >= 0.3 is 5.97 Å². The molecule has 4 heteroatoms. The van der Waals surface area contributed by atoms with Crippen molar-refractivity contribution >= 4 is 17.7 Å². The number of hydrogen-bond donors (Lipinski definition) is 1. The van der Waals surface area contributed by atoms with Gasteiger partial charge in [0.2, 0.25) is 0 Å². The molecule has 0 bridgehead atoms. The van der Waals surface area contributed by atoms with Crippen LogP contribution in [0.3, 0.4) is 0 Å². The van der Waals surface area contributed by atoms with Crippen molar-refractivity contribution < 1.29 is 14.6 Å². The van der Waals surface area contributed by atoms with Crippen molar-refractivity contribution in [2.45, 2.75) is 19.6 Å². The number of aliphatic hydroxyl groups is 1. The van der Waals surface area contributed by atoms with Gasteiger partial charge in [0, 0.05) is 19.3 Å². The van der Waals surface area contributed by atoms with E-state index in [1.807, 2.05) is 19.1 Å². The van der Waals surface area contributed by atoms with E-state index in [-0.39, 0.29) is 12.6 Å². The summed E-state index contributed by atoms with van der Waals surface area (Å²) < 4.78 is 4.95. The molecular weight excluding hydrogens is 236 g/mol. The minimum absolute atomic E-state index is 0.235. The molecule has 0 aliphatic rings. The van der Waals surface area contributed by atoms with Gasteiger partial charge in [0.1, 0.15) is 5.75 Å². The summed E-state index contributed by atoms with van der Waals surface area (Å²) in [5.41, 5.74) is 1.19. The normalized spacial score (nSPS) is 12.2. The maximum Gasteiger partial charge on any atom is 0.308 e. The summed E-state index contributed by atoms with van der Waals surface area (Å²) in [7, 11) is 0. The topological polar surface area (TPSA) is 46.5 Å². The molecule has 1 atom stereocenters. The number of hydrogen-bond acceptors (Lipinski definition) is 4. The van der Waals surface area contributed by atoms with E-state index >= 15 is 0 Å².